The van der Waals surface area contributed by atoms with Crippen LogP contribution in [0, 0.1) is 19.8 Å². The van der Waals surface area contributed by atoms with Gasteiger partial charge in [-0.3, -0.25) is 4.79 Å². The van der Waals surface area contributed by atoms with E-state index in [1.807, 2.05) is 49.1 Å². The van der Waals surface area contributed by atoms with Gasteiger partial charge in [0.25, 0.3) is 0 Å². The number of anilines is 1. The zero-order chi connectivity index (χ0) is 25.9. The number of aryl methyl sites for hydroxylation is 2. The lowest BCUT2D eigenvalue weighted by Gasteiger charge is -2.35. The average Bonchev–Trinajstić information content (AvgIpc) is 3.71. The number of amides is 1. The maximum Gasteiger partial charge on any atom is 0.225 e. The minimum absolute atomic E-state index is 0.180. The summed E-state index contributed by atoms with van der Waals surface area (Å²) >= 11 is 0. The van der Waals surface area contributed by atoms with Crippen LogP contribution in [0.15, 0.2) is 34.9 Å². The molecule has 1 aliphatic heterocycles. The summed E-state index contributed by atoms with van der Waals surface area (Å²) in [5.74, 6) is 3.21. The summed E-state index contributed by atoms with van der Waals surface area (Å²) in [6.45, 7) is 7.21. The lowest BCUT2D eigenvalue weighted by molar-refractivity contribution is -0.132. The number of nitrogens with one attached hydrogen (secondary N) is 1. The number of carbonyl (C=O) groups excluding carboxylic acids is 1. The molecule has 37 heavy (non-hydrogen) atoms. The Morgan fingerprint density at radius 3 is 2.65 bits per heavy atom. The Bertz CT molecular complexity index is 1230. The molecule has 0 radical (unpaired) electrons. The molecular weight excluding hydrogens is 472 g/mol. The first-order chi connectivity index (χ1) is 17.9. The van der Waals surface area contributed by atoms with Gasteiger partial charge in [0, 0.05) is 50.3 Å². The second-order valence-corrected chi connectivity index (χ2v) is 9.77. The second kappa shape index (κ2) is 10.9. The molecule has 3 aromatic rings. The van der Waals surface area contributed by atoms with E-state index in [-0.39, 0.29) is 18.4 Å². The van der Waals surface area contributed by atoms with Crippen molar-refractivity contribution in [1.29, 1.82) is 0 Å². The normalized spacial score (nSPS) is 16.6. The Morgan fingerprint density at radius 2 is 1.97 bits per heavy atom. The minimum atomic E-state index is -0.607. The largest absolute Gasteiger partial charge is 0.491 e. The lowest BCUT2D eigenvalue weighted by atomic mass is 10.1. The van der Waals surface area contributed by atoms with Crippen LogP contribution in [0.3, 0.4) is 0 Å². The molecule has 2 fully saturated rings. The van der Waals surface area contributed by atoms with E-state index in [4.69, 9.17) is 19.2 Å². The molecule has 0 bridgehead atoms. The van der Waals surface area contributed by atoms with E-state index in [1.165, 1.54) is 0 Å². The van der Waals surface area contributed by atoms with Crippen molar-refractivity contribution in [2.24, 2.45) is 5.92 Å². The van der Waals surface area contributed by atoms with Crippen molar-refractivity contribution in [2.45, 2.75) is 32.8 Å². The molecule has 1 saturated carbocycles. The molecule has 3 heterocycles. The first kappa shape index (κ1) is 25.2. The summed E-state index contributed by atoms with van der Waals surface area (Å²) in [6, 6.07) is 9.55. The lowest BCUT2D eigenvalue weighted by Crippen LogP contribution is -2.49. The fraction of sp³-hybridized carbons (Fsp3) is 0.481. The number of benzene rings is 1. The van der Waals surface area contributed by atoms with Gasteiger partial charge >= 0.3 is 0 Å². The molecular formula is C27H34N6O4. The van der Waals surface area contributed by atoms with Gasteiger partial charge in [0.2, 0.25) is 5.91 Å². The van der Waals surface area contributed by atoms with E-state index in [0.29, 0.717) is 50.1 Å². The highest BCUT2D eigenvalue weighted by Crippen LogP contribution is 2.33. The highest BCUT2D eigenvalue weighted by molar-refractivity contribution is 5.81. The molecule has 10 heteroatoms. The van der Waals surface area contributed by atoms with Crippen LogP contribution in [0.4, 0.5) is 5.82 Å². The fourth-order valence-corrected chi connectivity index (χ4v) is 4.66. The van der Waals surface area contributed by atoms with Crippen molar-refractivity contribution in [3.8, 4) is 28.4 Å². The quantitative estimate of drug-likeness (QED) is 0.451. The Balaban J connectivity index is 1.43. The van der Waals surface area contributed by atoms with Crippen molar-refractivity contribution in [3.05, 3.63) is 41.8 Å². The summed E-state index contributed by atoms with van der Waals surface area (Å²) < 4.78 is 11.2. The Labute approximate surface area is 216 Å². The van der Waals surface area contributed by atoms with Crippen LogP contribution in [0.1, 0.15) is 24.3 Å². The minimum Gasteiger partial charge on any atom is -0.491 e. The number of carbonyl (C=O) groups is 1. The van der Waals surface area contributed by atoms with Crippen molar-refractivity contribution < 1.29 is 19.2 Å². The van der Waals surface area contributed by atoms with Crippen LogP contribution in [0.25, 0.3) is 22.6 Å². The standard InChI is InChI=1S/C27H34N6O4/c1-17-25(18(2)37-31-17)23-14-24(32-9-11-33(12-10-32)27(35)19-7-8-19)30-26(29-23)20-5-4-6-22(13-20)36-16-21(34)15-28-3/h4-6,13-14,19,21,28,34H,7-12,15-16H2,1-3H3. The third-order valence-electron chi connectivity index (χ3n) is 6.82. The molecule has 2 aliphatic rings. The molecule has 1 saturated heterocycles. The van der Waals surface area contributed by atoms with E-state index in [9.17, 15) is 9.90 Å². The van der Waals surface area contributed by atoms with Gasteiger partial charge < -0.3 is 29.5 Å². The predicted octanol–water partition coefficient (Wildman–Crippen LogP) is 2.43. The molecule has 5 rings (SSSR count). The summed E-state index contributed by atoms with van der Waals surface area (Å²) in [5.41, 5.74) is 3.17. The number of hydrogen-bond donors (Lipinski definition) is 2. The highest BCUT2D eigenvalue weighted by Gasteiger charge is 2.35. The highest BCUT2D eigenvalue weighted by atomic mass is 16.5. The maximum absolute atomic E-state index is 12.5. The van der Waals surface area contributed by atoms with Gasteiger partial charge in [-0.05, 0) is 45.9 Å². The van der Waals surface area contributed by atoms with Gasteiger partial charge in [-0.15, -0.1) is 0 Å². The fourth-order valence-electron chi connectivity index (χ4n) is 4.66. The van der Waals surface area contributed by atoms with Crippen molar-refractivity contribution in [1.82, 2.24) is 25.3 Å². The van der Waals surface area contributed by atoms with Crippen LogP contribution in [-0.2, 0) is 4.79 Å². The van der Waals surface area contributed by atoms with Crippen molar-refractivity contribution in [3.63, 3.8) is 0 Å². The van der Waals surface area contributed by atoms with E-state index in [0.717, 1.165) is 41.2 Å². The summed E-state index contributed by atoms with van der Waals surface area (Å²) in [7, 11) is 1.79. The summed E-state index contributed by atoms with van der Waals surface area (Å²) in [5, 5.41) is 17.1. The Morgan fingerprint density at radius 1 is 1.19 bits per heavy atom. The monoisotopic (exact) mass is 506 g/mol. The number of nitrogens with zero attached hydrogens (tertiary/aromatic N) is 5. The topological polar surface area (TPSA) is 117 Å². The summed E-state index contributed by atoms with van der Waals surface area (Å²) in [6.07, 6.45) is 1.43. The second-order valence-electron chi connectivity index (χ2n) is 9.77. The zero-order valence-electron chi connectivity index (χ0n) is 21.6. The van der Waals surface area contributed by atoms with Crippen LogP contribution in [-0.4, -0.2) is 83.5 Å². The molecule has 2 aromatic heterocycles. The number of aliphatic hydroxyl groups is 1. The van der Waals surface area contributed by atoms with Crippen LogP contribution in [0.5, 0.6) is 5.75 Å². The molecule has 1 aromatic carbocycles. The number of rotatable bonds is 9. The van der Waals surface area contributed by atoms with E-state index < -0.39 is 6.10 Å². The number of aliphatic hydroxyl groups excluding tert-OH is 1. The van der Waals surface area contributed by atoms with Crippen LogP contribution in [0.2, 0.25) is 0 Å². The molecule has 2 N–H and O–H groups in total. The van der Waals surface area contributed by atoms with Crippen molar-refractivity contribution in [2.75, 3.05) is 51.3 Å². The van der Waals surface area contributed by atoms with Crippen molar-refractivity contribution >= 4 is 11.7 Å². The Hall–Kier alpha value is -3.50. The first-order valence-electron chi connectivity index (χ1n) is 12.8. The smallest absolute Gasteiger partial charge is 0.225 e. The molecule has 1 amide bonds. The van der Waals surface area contributed by atoms with Gasteiger partial charge in [-0.2, -0.15) is 0 Å². The number of ether oxygens (including phenoxy) is 1. The zero-order valence-corrected chi connectivity index (χ0v) is 21.6. The van der Waals surface area contributed by atoms with Gasteiger partial charge in [0.1, 0.15) is 30.0 Å². The van der Waals surface area contributed by atoms with Gasteiger partial charge in [-0.1, -0.05) is 17.3 Å². The number of aromatic nitrogens is 3. The van der Waals surface area contributed by atoms with E-state index in [1.54, 1.807) is 7.05 Å². The molecule has 0 spiro atoms. The molecule has 1 aliphatic carbocycles. The third kappa shape index (κ3) is 5.75. The molecule has 10 nitrogen and oxygen atoms in total. The van der Waals surface area contributed by atoms with Gasteiger partial charge in [0.05, 0.1) is 17.0 Å². The first-order valence-corrected chi connectivity index (χ1v) is 12.8. The predicted molar refractivity (Wildman–Crippen MR) is 139 cm³/mol. The average molecular weight is 507 g/mol. The maximum atomic E-state index is 12.5. The van der Waals surface area contributed by atoms with Gasteiger partial charge in [-0.25, -0.2) is 9.97 Å². The van der Waals surface area contributed by atoms with Gasteiger partial charge in [0.15, 0.2) is 5.82 Å². The number of piperazine rings is 1. The molecule has 1 unspecified atom stereocenters. The Kier molecular flexibility index (Phi) is 7.38. The molecule has 196 valence electrons. The molecule has 1 atom stereocenters. The summed E-state index contributed by atoms with van der Waals surface area (Å²) in [4.78, 5) is 26.5. The number of hydrogen-bond acceptors (Lipinski definition) is 9. The van der Waals surface area contributed by atoms with Crippen LogP contribution < -0.4 is 15.0 Å². The van der Waals surface area contributed by atoms with E-state index in [2.05, 4.69) is 15.4 Å². The SMILES string of the molecule is CNCC(O)COc1cccc(-c2nc(-c3c(C)noc3C)cc(N3CCN(C(=O)C4CC4)CC3)n2)c1. The van der Waals surface area contributed by atoms with E-state index >= 15 is 0 Å². The van der Waals surface area contributed by atoms with Crippen LogP contribution >= 0.6 is 0 Å². The third-order valence-corrected chi connectivity index (χ3v) is 6.82. The number of likely N-dealkylation sites (N-methyl/N-ethyl adjacent to an activating group) is 1.